The van der Waals surface area contributed by atoms with Crippen molar-refractivity contribution in [2.24, 2.45) is 0 Å². The first kappa shape index (κ1) is 13.8. The summed E-state index contributed by atoms with van der Waals surface area (Å²) in [6, 6.07) is 15.0. The van der Waals surface area contributed by atoms with Gasteiger partial charge in [0.25, 0.3) is 0 Å². The van der Waals surface area contributed by atoms with Gasteiger partial charge in [-0.05, 0) is 53.8 Å². The molecule has 0 nitrogen and oxygen atoms in total. The molecule has 0 aliphatic carbocycles. The lowest BCUT2D eigenvalue weighted by atomic mass is 9.98. The fourth-order valence-corrected chi connectivity index (χ4v) is 6.57. The topological polar surface area (TPSA) is 0 Å². The SMILES string of the molecule is BrCc1c(Br)sc(Br)c1-c1cccc2ccccc12. The predicted octanol–water partition coefficient (Wildman–Crippen LogP) is 6.99. The number of alkyl halides is 1. The lowest BCUT2D eigenvalue weighted by Crippen LogP contribution is -1.84. The van der Waals surface area contributed by atoms with Crippen molar-refractivity contribution < 1.29 is 0 Å². The molecule has 0 spiro atoms. The first-order chi connectivity index (χ1) is 9.22. The highest BCUT2D eigenvalue weighted by Gasteiger charge is 2.17. The molecule has 4 heteroatoms. The number of benzene rings is 2. The number of thiophene rings is 1. The van der Waals surface area contributed by atoms with E-state index >= 15 is 0 Å². The Morgan fingerprint density at radius 3 is 2.42 bits per heavy atom. The van der Waals surface area contributed by atoms with Gasteiger partial charge in [0.1, 0.15) is 0 Å². The normalized spacial score (nSPS) is 11.1. The summed E-state index contributed by atoms with van der Waals surface area (Å²) < 4.78 is 2.35. The van der Waals surface area contributed by atoms with E-state index in [2.05, 4.69) is 90.3 Å². The van der Waals surface area contributed by atoms with Gasteiger partial charge in [-0.25, -0.2) is 0 Å². The summed E-state index contributed by atoms with van der Waals surface area (Å²) in [5.74, 6) is 0. The third-order valence-corrected chi connectivity index (χ3v) is 6.32. The Bertz CT molecular complexity index is 741. The average molecular weight is 461 g/mol. The standard InChI is InChI=1S/C15H9Br3S/c16-8-12-13(15(18)19-14(12)17)11-7-3-5-9-4-1-2-6-10(9)11/h1-7H,8H2. The van der Waals surface area contributed by atoms with Gasteiger partial charge in [0.15, 0.2) is 0 Å². The van der Waals surface area contributed by atoms with Crippen molar-refractivity contribution in [3.63, 3.8) is 0 Å². The summed E-state index contributed by atoms with van der Waals surface area (Å²) in [5.41, 5.74) is 3.86. The zero-order valence-corrected chi connectivity index (χ0v) is 15.4. The quantitative estimate of drug-likeness (QED) is 0.361. The van der Waals surface area contributed by atoms with Gasteiger partial charge in [0.2, 0.25) is 0 Å². The monoisotopic (exact) mass is 458 g/mol. The molecule has 0 aliphatic rings. The third kappa shape index (κ3) is 2.44. The zero-order chi connectivity index (χ0) is 13.4. The van der Waals surface area contributed by atoms with Gasteiger partial charge in [-0.3, -0.25) is 0 Å². The van der Waals surface area contributed by atoms with E-state index in [9.17, 15) is 0 Å². The van der Waals surface area contributed by atoms with Crippen LogP contribution in [-0.2, 0) is 5.33 Å². The fourth-order valence-electron chi connectivity index (χ4n) is 2.24. The number of halogens is 3. The van der Waals surface area contributed by atoms with E-state index in [-0.39, 0.29) is 0 Å². The minimum absolute atomic E-state index is 0.842. The van der Waals surface area contributed by atoms with Crippen LogP contribution in [0.1, 0.15) is 5.56 Å². The maximum absolute atomic E-state index is 3.70. The van der Waals surface area contributed by atoms with E-state index in [0.29, 0.717) is 0 Å². The summed E-state index contributed by atoms with van der Waals surface area (Å²) in [6.07, 6.45) is 0. The molecule has 0 atom stereocenters. The second-order valence-corrected chi connectivity index (χ2v) is 8.38. The molecule has 19 heavy (non-hydrogen) atoms. The van der Waals surface area contributed by atoms with Crippen LogP contribution in [0.5, 0.6) is 0 Å². The van der Waals surface area contributed by atoms with Gasteiger partial charge in [-0.2, -0.15) is 0 Å². The molecule has 1 aromatic heterocycles. The average Bonchev–Trinajstić information content (AvgIpc) is 2.72. The maximum Gasteiger partial charge on any atom is 0.0792 e. The second kappa shape index (κ2) is 5.68. The van der Waals surface area contributed by atoms with Crippen molar-refractivity contribution in [3.05, 3.63) is 55.6 Å². The Balaban J connectivity index is 2.37. The first-order valence-electron chi connectivity index (χ1n) is 5.73. The highest BCUT2D eigenvalue weighted by Crippen LogP contribution is 2.45. The van der Waals surface area contributed by atoms with Crippen LogP contribution < -0.4 is 0 Å². The minimum atomic E-state index is 0.842. The Kier molecular flexibility index (Phi) is 4.13. The molecule has 96 valence electrons. The summed E-state index contributed by atoms with van der Waals surface area (Å²) in [4.78, 5) is 0. The highest BCUT2D eigenvalue weighted by molar-refractivity contribution is 9.12. The van der Waals surface area contributed by atoms with E-state index in [1.807, 2.05) is 0 Å². The Morgan fingerprint density at radius 2 is 1.63 bits per heavy atom. The van der Waals surface area contributed by atoms with E-state index in [1.165, 1.54) is 35.0 Å². The lowest BCUT2D eigenvalue weighted by molar-refractivity contribution is 1.47. The molecule has 0 unspecified atom stereocenters. The molecule has 0 bridgehead atoms. The van der Waals surface area contributed by atoms with E-state index in [4.69, 9.17) is 0 Å². The maximum atomic E-state index is 3.70. The first-order valence-corrected chi connectivity index (χ1v) is 9.25. The van der Waals surface area contributed by atoms with E-state index in [1.54, 1.807) is 11.3 Å². The van der Waals surface area contributed by atoms with Crippen LogP contribution >= 0.6 is 59.1 Å². The smallest absolute Gasteiger partial charge is 0.0792 e. The summed E-state index contributed by atoms with van der Waals surface area (Å²) >= 11 is 12.7. The molecule has 2 aromatic carbocycles. The molecule has 0 fully saturated rings. The van der Waals surface area contributed by atoms with Crippen molar-refractivity contribution in [2.75, 3.05) is 0 Å². The molecule has 0 amide bonds. The van der Waals surface area contributed by atoms with Gasteiger partial charge in [-0.1, -0.05) is 58.4 Å². The van der Waals surface area contributed by atoms with Crippen molar-refractivity contribution in [1.29, 1.82) is 0 Å². The van der Waals surface area contributed by atoms with E-state index in [0.717, 1.165) is 5.33 Å². The fraction of sp³-hybridized carbons (Fsp3) is 0.0667. The van der Waals surface area contributed by atoms with Crippen LogP contribution in [0.4, 0.5) is 0 Å². The Hall–Kier alpha value is -0.160. The van der Waals surface area contributed by atoms with Crippen molar-refractivity contribution in [2.45, 2.75) is 5.33 Å². The molecule has 0 saturated carbocycles. The van der Waals surface area contributed by atoms with E-state index < -0.39 is 0 Å². The molecule has 0 N–H and O–H groups in total. The predicted molar refractivity (Wildman–Crippen MR) is 95.3 cm³/mol. The van der Waals surface area contributed by atoms with Crippen LogP contribution in [-0.4, -0.2) is 0 Å². The van der Waals surface area contributed by atoms with Gasteiger partial charge in [-0.15, -0.1) is 11.3 Å². The molecule has 1 heterocycles. The van der Waals surface area contributed by atoms with Crippen LogP contribution in [0.3, 0.4) is 0 Å². The summed E-state index contributed by atoms with van der Waals surface area (Å²) in [5, 5.41) is 3.40. The van der Waals surface area contributed by atoms with Crippen molar-refractivity contribution in [1.82, 2.24) is 0 Å². The van der Waals surface area contributed by atoms with Crippen LogP contribution in [0.15, 0.2) is 50.0 Å². The molecule has 3 aromatic rings. The number of rotatable bonds is 2. The summed E-state index contributed by atoms with van der Waals surface area (Å²) in [7, 11) is 0. The van der Waals surface area contributed by atoms with Gasteiger partial charge >= 0.3 is 0 Å². The second-order valence-electron chi connectivity index (χ2n) is 4.16. The molecular formula is C15H9Br3S. The van der Waals surface area contributed by atoms with Crippen LogP contribution in [0.25, 0.3) is 21.9 Å². The Morgan fingerprint density at radius 1 is 0.895 bits per heavy atom. The molecule has 0 radical (unpaired) electrons. The molecule has 3 rings (SSSR count). The zero-order valence-electron chi connectivity index (χ0n) is 9.79. The van der Waals surface area contributed by atoms with Crippen molar-refractivity contribution in [3.8, 4) is 11.1 Å². The number of hydrogen-bond donors (Lipinski definition) is 0. The van der Waals surface area contributed by atoms with Crippen LogP contribution in [0, 0.1) is 0 Å². The molecule has 0 aliphatic heterocycles. The summed E-state index contributed by atoms with van der Waals surface area (Å²) in [6.45, 7) is 0. The lowest BCUT2D eigenvalue weighted by Gasteiger charge is -2.08. The third-order valence-electron chi connectivity index (χ3n) is 3.11. The van der Waals surface area contributed by atoms with Gasteiger partial charge in [0, 0.05) is 10.9 Å². The Labute approximate surface area is 141 Å². The number of hydrogen-bond acceptors (Lipinski definition) is 1. The van der Waals surface area contributed by atoms with Crippen LogP contribution in [0.2, 0.25) is 0 Å². The van der Waals surface area contributed by atoms with Crippen molar-refractivity contribution >= 4 is 69.9 Å². The largest absolute Gasteiger partial charge is 0.120 e. The van der Waals surface area contributed by atoms with Gasteiger partial charge in [0.05, 0.1) is 7.57 Å². The molecule has 0 saturated heterocycles. The highest BCUT2D eigenvalue weighted by atomic mass is 79.9. The van der Waals surface area contributed by atoms with Gasteiger partial charge < -0.3 is 0 Å². The molecular weight excluding hydrogens is 452 g/mol. The number of fused-ring (bicyclic) bond motifs is 1. The minimum Gasteiger partial charge on any atom is -0.120 e.